The van der Waals surface area contributed by atoms with Gasteiger partial charge in [0.1, 0.15) is 6.04 Å². The molecule has 1 saturated heterocycles. The molecule has 1 fully saturated rings. The topological polar surface area (TPSA) is 49.3 Å². The van der Waals surface area contributed by atoms with Crippen molar-refractivity contribution in [2.75, 3.05) is 6.54 Å². The Morgan fingerprint density at radius 3 is 2.64 bits per heavy atom. The first-order valence-corrected chi connectivity index (χ1v) is 3.66. The summed E-state index contributed by atoms with van der Waals surface area (Å²) in [5.41, 5.74) is 0. The van der Waals surface area contributed by atoms with Crippen LogP contribution in [0.25, 0.3) is 0 Å². The second-order valence-corrected chi connectivity index (χ2v) is 2.97. The van der Waals surface area contributed by atoms with Gasteiger partial charge in [-0.25, -0.2) is 0 Å². The van der Waals surface area contributed by atoms with Crippen LogP contribution < -0.4 is 5.32 Å². The van der Waals surface area contributed by atoms with E-state index in [4.69, 9.17) is 5.11 Å². The molecule has 0 radical (unpaired) electrons. The van der Waals surface area contributed by atoms with Crippen LogP contribution in [0.3, 0.4) is 0 Å². The maximum Gasteiger partial charge on any atom is 0.320 e. The molecule has 1 heterocycles. The summed E-state index contributed by atoms with van der Waals surface area (Å²) in [6.45, 7) is 2.94. The molecule has 2 N–H and O–H groups in total. The Labute approximate surface area is 72.6 Å². The van der Waals surface area contributed by atoms with E-state index in [2.05, 4.69) is 12.2 Å². The number of rotatable bonds is 1. The number of carboxylic acids is 1. The first kappa shape index (κ1) is 10.7. The highest BCUT2D eigenvalue weighted by atomic mass is 35.5. The zero-order valence-electron chi connectivity index (χ0n) is 6.54. The minimum Gasteiger partial charge on any atom is -0.480 e. The van der Waals surface area contributed by atoms with Gasteiger partial charge in [0.25, 0.3) is 0 Å². The van der Waals surface area contributed by atoms with Crippen LogP contribution in [-0.2, 0) is 4.79 Å². The molecule has 0 bridgehead atoms. The molecule has 2 atom stereocenters. The average Bonchev–Trinajstić information content (AvgIpc) is 1.88. The van der Waals surface area contributed by atoms with Crippen LogP contribution in [0.2, 0.25) is 0 Å². The highest BCUT2D eigenvalue weighted by molar-refractivity contribution is 5.85. The van der Waals surface area contributed by atoms with Gasteiger partial charge in [-0.1, -0.05) is 6.92 Å². The fourth-order valence-corrected chi connectivity index (χ4v) is 1.30. The fraction of sp³-hybridized carbons (Fsp3) is 0.857. The molecule has 1 aliphatic heterocycles. The molecule has 0 saturated carbocycles. The van der Waals surface area contributed by atoms with E-state index in [1.807, 2.05) is 0 Å². The minimum atomic E-state index is -0.716. The molecule has 0 aromatic carbocycles. The number of hydrogen-bond acceptors (Lipinski definition) is 2. The van der Waals surface area contributed by atoms with Crippen molar-refractivity contribution < 1.29 is 9.90 Å². The molecule has 1 aliphatic rings. The molecule has 2 unspecified atom stereocenters. The normalized spacial score (nSPS) is 30.6. The van der Waals surface area contributed by atoms with E-state index in [9.17, 15) is 4.79 Å². The van der Waals surface area contributed by atoms with Gasteiger partial charge in [0.15, 0.2) is 0 Å². The highest BCUT2D eigenvalue weighted by Gasteiger charge is 2.23. The van der Waals surface area contributed by atoms with Crippen LogP contribution in [-0.4, -0.2) is 23.7 Å². The maximum absolute atomic E-state index is 10.4. The van der Waals surface area contributed by atoms with E-state index in [0.29, 0.717) is 5.92 Å². The van der Waals surface area contributed by atoms with Crippen molar-refractivity contribution in [1.82, 2.24) is 5.32 Å². The van der Waals surface area contributed by atoms with Crippen molar-refractivity contribution >= 4 is 18.4 Å². The summed E-state index contributed by atoms with van der Waals surface area (Å²) in [6.07, 6.45) is 1.87. The van der Waals surface area contributed by atoms with E-state index >= 15 is 0 Å². The maximum atomic E-state index is 10.4. The Kier molecular flexibility index (Phi) is 4.45. The Morgan fingerprint density at radius 1 is 1.64 bits per heavy atom. The molecule has 0 aromatic heterocycles. The van der Waals surface area contributed by atoms with E-state index < -0.39 is 5.97 Å². The molecule has 3 nitrogen and oxygen atoms in total. The van der Waals surface area contributed by atoms with E-state index in [-0.39, 0.29) is 18.4 Å². The minimum absolute atomic E-state index is 0. The van der Waals surface area contributed by atoms with Gasteiger partial charge in [0.2, 0.25) is 0 Å². The lowest BCUT2D eigenvalue weighted by atomic mass is 9.94. The van der Waals surface area contributed by atoms with Crippen molar-refractivity contribution in [3.8, 4) is 0 Å². The molecule has 0 spiro atoms. The molecule has 11 heavy (non-hydrogen) atoms. The van der Waals surface area contributed by atoms with Gasteiger partial charge in [-0.05, 0) is 25.3 Å². The first-order chi connectivity index (χ1) is 4.70. The van der Waals surface area contributed by atoms with E-state index in [1.165, 1.54) is 0 Å². The first-order valence-electron chi connectivity index (χ1n) is 3.66. The van der Waals surface area contributed by atoms with Crippen LogP contribution in [0, 0.1) is 5.92 Å². The SMILES string of the molecule is CC1CCNC(C(=O)O)C1.Cl. The van der Waals surface area contributed by atoms with Crippen LogP contribution in [0.4, 0.5) is 0 Å². The Balaban J connectivity index is 0.000001000. The van der Waals surface area contributed by atoms with Crippen molar-refractivity contribution in [2.24, 2.45) is 5.92 Å². The van der Waals surface area contributed by atoms with Crippen molar-refractivity contribution in [1.29, 1.82) is 0 Å². The predicted molar refractivity (Wildman–Crippen MR) is 45.1 cm³/mol. The van der Waals surface area contributed by atoms with Crippen LogP contribution in [0.1, 0.15) is 19.8 Å². The number of carboxylic acid groups (broad SMARTS) is 1. The molecular weight excluding hydrogens is 166 g/mol. The fourth-order valence-electron chi connectivity index (χ4n) is 1.30. The monoisotopic (exact) mass is 179 g/mol. The summed E-state index contributed by atoms with van der Waals surface area (Å²) in [4.78, 5) is 10.4. The highest BCUT2D eigenvalue weighted by Crippen LogP contribution is 2.14. The van der Waals surface area contributed by atoms with Gasteiger partial charge in [-0.15, -0.1) is 12.4 Å². The van der Waals surface area contributed by atoms with E-state index in [0.717, 1.165) is 19.4 Å². The predicted octanol–water partition coefficient (Wildman–Crippen LogP) is 0.881. The quantitative estimate of drug-likeness (QED) is 0.629. The second kappa shape index (κ2) is 4.57. The number of carbonyl (C=O) groups is 1. The number of piperidine rings is 1. The third-order valence-electron chi connectivity index (χ3n) is 1.96. The summed E-state index contributed by atoms with van der Waals surface area (Å²) < 4.78 is 0. The summed E-state index contributed by atoms with van der Waals surface area (Å²) >= 11 is 0. The van der Waals surface area contributed by atoms with E-state index in [1.54, 1.807) is 0 Å². The largest absolute Gasteiger partial charge is 0.480 e. The van der Waals surface area contributed by atoms with Gasteiger partial charge in [-0.3, -0.25) is 4.79 Å². The zero-order chi connectivity index (χ0) is 7.56. The standard InChI is InChI=1S/C7H13NO2.ClH/c1-5-2-3-8-6(4-5)7(9)10;/h5-6,8H,2-4H2,1H3,(H,9,10);1H. The molecule has 0 aliphatic carbocycles. The van der Waals surface area contributed by atoms with Crippen LogP contribution in [0.15, 0.2) is 0 Å². The van der Waals surface area contributed by atoms with Gasteiger partial charge >= 0.3 is 5.97 Å². The van der Waals surface area contributed by atoms with Gasteiger partial charge < -0.3 is 10.4 Å². The number of hydrogen-bond donors (Lipinski definition) is 2. The van der Waals surface area contributed by atoms with Crippen LogP contribution >= 0.6 is 12.4 Å². The second-order valence-electron chi connectivity index (χ2n) is 2.97. The molecule has 66 valence electrons. The Morgan fingerprint density at radius 2 is 2.27 bits per heavy atom. The lowest BCUT2D eigenvalue weighted by molar-refractivity contribution is -0.140. The summed E-state index contributed by atoms with van der Waals surface area (Å²) in [7, 11) is 0. The van der Waals surface area contributed by atoms with Gasteiger partial charge in [0.05, 0.1) is 0 Å². The number of halogens is 1. The van der Waals surface area contributed by atoms with Crippen molar-refractivity contribution in [3.63, 3.8) is 0 Å². The van der Waals surface area contributed by atoms with Gasteiger partial charge in [-0.2, -0.15) is 0 Å². The van der Waals surface area contributed by atoms with Gasteiger partial charge in [0, 0.05) is 0 Å². The third-order valence-corrected chi connectivity index (χ3v) is 1.96. The molecule has 1 rings (SSSR count). The average molecular weight is 180 g/mol. The lowest BCUT2D eigenvalue weighted by Gasteiger charge is -2.24. The molecule has 4 heteroatoms. The van der Waals surface area contributed by atoms with Crippen LogP contribution in [0.5, 0.6) is 0 Å². The molecular formula is C7H14ClNO2. The lowest BCUT2D eigenvalue weighted by Crippen LogP contribution is -2.42. The number of aliphatic carboxylic acids is 1. The third kappa shape index (κ3) is 3.08. The Hall–Kier alpha value is -0.280. The summed E-state index contributed by atoms with van der Waals surface area (Å²) in [6, 6.07) is -0.302. The summed E-state index contributed by atoms with van der Waals surface area (Å²) in [5.74, 6) is -0.158. The summed E-state index contributed by atoms with van der Waals surface area (Å²) in [5, 5.41) is 11.5. The number of nitrogens with one attached hydrogen (secondary N) is 1. The van der Waals surface area contributed by atoms with Crippen molar-refractivity contribution in [3.05, 3.63) is 0 Å². The van der Waals surface area contributed by atoms with Crippen molar-refractivity contribution in [2.45, 2.75) is 25.8 Å². The molecule has 0 amide bonds. The molecule has 0 aromatic rings. The Bertz CT molecular complexity index is 140. The smallest absolute Gasteiger partial charge is 0.320 e. The zero-order valence-corrected chi connectivity index (χ0v) is 7.36.